The molecule has 152 valence electrons. The largest absolute Gasteiger partial charge is 0.298 e. The van der Waals surface area contributed by atoms with Gasteiger partial charge >= 0.3 is 0 Å². The van der Waals surface area contributed by atoms with E-state index in [1.807, 2.05) is 72.8 Å². The van der Waals surface area contributed by atoms with Gasteiger partial charge in [-0.3, -0.25) is 19.2 Å². The average Bonchev–Trinajstić information content (AvgIpc) is 2.86. The summed E-state index contributed by atoms with van der Waals surface area (Å²) in [6.07, 6.45) is 2.14. The standard InChI is InChI=1S/C28H16O4/c29-13-23-24(14-30)26(16-32)28-22-12-6-4-10-20(22)18-8-2-1-7-17(18)19-9-3-5-11-21(19)27(28)25(23)15-31/h1-16H. The van der Waals surface area contributed by atoms with Crippen molar-refractivity contribution in [1.29, 1.82) is 0 Å². The Balaban J connectivity index is 2.14. The maximum Gasteiger partial charge on any atom is 0.151 e. The van der Waals surface area contributed by atoms with Crippen molar-refractivity contribution < 1.29 is 19.2 Å². The number of hydrogen-bond donors (Lipinski definition) is 0. The van der Waals surface area contributed by atoms with Crippen LogP contribution >= 0.6 is 0 Å². The summed E-state index contributed by atoms with van der Waals surface area (Å²) in [5.41, 5.74) is 6.13. The zero-order valence-electron chi connectivity index (χ0n) is 16.9. The van der Waals surface area contributed by atoms with E-state index in [1.54, 1.807) is 0 Å². The fourth-order valence-corrected chi connectivity index (χ4v) is 4.71. The van der Waals surface area contributed by atoms with E-state index in [0.717, 1.165) is 33.4 Å². The molecule has 0 N–H and O–H groups in total. The third-order valence-corrected chi connectivity index (χ3v) is 6.03. The highest BCUT2D eigenvalue weighted by atomic mass is 16.1. The van der Waals surface area contributed by atoms with Gasteiger partial charge in [-0.2, -0.15) is 0 Å². The first-order valence-electron chi connectivity index (χ1n) is 10.1. The zero-order chi connectivity index (χ0) is 22.2. The van der Waals surface area contributed by atoms with Crippen molar-refractivity contribution in [1.82, 2.24) is 0 Å². The maximum absolute atomic E-state index is 12.3. The van der Waals surface area contributed by atoms with Crippen molar-refractivity contribution in [3.05, 3.63) is 95.1 Å². The van der Waals surface area contributed by atoms with E-state index >= 15 is 0 Å². The van der Waals surface area contributed by atoms with Gasteiger partial charge in [-0.25, -0.2) is 0 Å². The molecule has 0 aliphatic heterocycles. The molecule has 0 atom stereocenters. The number of aldehydes is 4. The number of carbonyl (C=O) groups is 4. The first-order valence-corrected chi connectivity index (χ1v) is 10.1. The Morgan fingerprint density at radius 3 is 0.875 bits per heavy atom. The van der Waals surface area contributed by atoms with Crippen LogP contribution in [0.15, 0.2) is 72.8 Å². The Hall–Kier alpha value is -4.44. The van der Waals surface area contributed by atoms with Crippen molar-refractivity contribution in [3.63, 3.8) is 0 Å². The lowest BCUT2D eigenvalue weighted by Crippen LogP contribution is -2.10. The molecule has 0 radical (unpaired) electrons. The lowest BCUT2D eigenvalue weighted by molar-refractivity contribution is 0.107. The van der Waals surface area contributed by atoms with Crippen LogP contribution in [-0.4, -0.2) is 25.1 Å². The smallest absolute Gasteiger partial charge is 0.151 e. The van der Waals surface area contributed by atoms with E-state index < -0.39 is 0 Å². The molecule has 4 heteroatoms. The molecule has 0 spiro atoms. The molecule has 0 fully saturated rings. The summed E-state index contributed by atoms with van der Waals surface area (Å²) in [7, 11) is 0. The summed E-state index contributed by atoms with van der Waals surface area (Å²) in [5.74, 6) is 0. The summed E-state index contributed by atoms with van der Waals surface area (Å²) in [4.78, 5) is 48.6. The van der Waals surface area contributed by atoms with Crippen molar-refractivity contribution in [2.75, 3.05) is 0 Å². The van der Waals surface area contributed by atoms with Gasteiger partial charge in [-0.05, 0) is 33.4 Å². The molecule has 4 aromatic carbocycles. The van der Waals surface area contributed by atoms with Crippen molar-refractivity contribution in [2.45, 2.75) is 0 Å². The molecule has 0 heterocycles. The molecule has 1 aliphatic rings. The van der Waals surface area contributed by atoms with E-state index in [4.69, 9.17) is 0 Å². The molecule has 4 nitrogen and oxygen atoms in total. The molecule has 5 rings (SSSR count). The molecule has 0 amide bonds. The minimum Gasteiger partial charge on any atom is -0.298 e. The highest BCUT2D eigenvalue weighted by Crippen LogP contribution is 2.50. The third-order valence-electron chi connectivity index (χ3n) is 6.03. The summed E-state index contributed by atoms with van der Waals surface area (Å²) in [6, 6.07) is 23.1. The fourth-order valence-electron chi connectivity index (χ4n) is 4.71. The average molecular weight is 416 g/mol. The van der Waals surface area contributed by atoms with E-state index in [0.29, 0.717) is 36.3 Å². The van der Waals surface area contributed by atoms with Gasteiger partial charge in [0.15, 0.2) is 25.1 Å². The van der Waals surface area contributed by atoms with Gasteiger partial charge in [0.25, 0.3) is 0 Å². The minimum atomic E-state index is -0.0722. The van der Waals surface area contributed by atoms with Crippen LogP contribution in [0.3, 0.4) is 0 Å². The van der Waals surface area contributed by atoms with Crippen LogP contribution in [0.2, 0.25) is 0 Å². The van der Waals surface area contributed by atoms with Crippen LogP contribution in [0.25, 0.3) is 44.5 Å². The molecule has 32 heavy (non-hydrogen) atoms. The summed E-state index contributed by atoms with van der Waals surface area (Å²) < 4.78 is 0. The number of hydrogen-bond acceptors (Lipinski definition) is 4. The second-order valence-corrected chi connectivity index (χ2v) is 7.51. The van der Waals surface area contributed by atoms with E-state index in [-0.39, 0.29) is 22.3 Å². The minimum absolute atomic E-state index is 0.0722. The quantitative estimate of drug-likeness (QED) is 0.341. The monoisotopic (exact) mass is 416 g/mol. The van der Waals surface area contributed by atoms with E-state index in [9.17, 15) is 19.2 Å². The maximum atomic E-state index is 12.3. The predicted molar refractivity (Wildman–Crippen MR) is 123 cm³/mol. The van der Waals surface area contributed by atoms with Gasteiger partial charge in [0.05, 0.1) is 0 Å². The molecule has 0 saturated carbocycles. The second kappa shape index (κ2) is 7.67. The zero-order valence-corrected chi connectivity index (χ0v) is 16.9. The van der Waals surface area contributed by atoms with Gasteiger partial charge in [-0.1, -0.05) is 72.8 Å². The lowest BCUT2D eigenvalue weighted by Gasteiger charge is -2.26. The molecule has 0 unspecified atom stereocenters. The molecular formula is C28H16O4. The van der Waals surface area contributed by atoms with Crippen molar-refractivity contribution in [2.24, 2.45) is 0 Å². The summed E-state index contributed by atoms with van der Waals surface area (Å²) in [5, 5.41) is 0. The van der Waals surface area contributed by atoms with Gasteiger partial charge in [-0.15, -0.1) is 0 Å². The van der Waals surface area contributed by atoms with Gasteiger partial charge in [0.2, 0.25) is 0 Å². The topological polar surface area (TPSA) is 68.3 Å². The van der Waals surface area contributed by atoms with Crippen LogP contribution in [0.1, 0.15) is 41.4 Å². The normalized spacial score (nSPS) is 11.0. The van der Waals surface area contributed by atoms with E-state index in [2.05, 4.69) is 0 Å². The van der Waals surface area contributed by atoms with Crippen molar-refractivity contribution >= 4 is 25.1 Å². The number of rotatable bonds is 4. The SMILES string of the molecule is O=Cc1c(C=O)c(C=O)c2c(c1C=O)-c1ccccc1-c1ccccc1-c1ccccc1-2. The summed E-state index contributed by atoms with van der Waals surface area (Å²) in [6.45, 7) is 0. The van der Waals surface area contributed by atoms with Gasteiger partial charge < -0.3 is 0 Å². The number of benzene rings is 4. The van der Waals surface area contributed by atoms with Crippen LogP contribution in [0.4, 0.5) is 0 Å². The van der Waals surface area contributed by atoms with Crippen LogP contribution < -0.4 is 0 Å². The molecule has 4 aromatic rings. The van der Waals surface area contributed by atoms with Gasteiger partial charge in [0.1, 0.15) is 0 Å². The number of carbonyl (C=O) groups excluding carboxylic acids is 4. The first-order chi connectivity index (χ1) is 15.7. The van der Waals surface area contributed by atoms with Crippen molar-refractivity contribution in [3.8, 4) is 44.5 Å². The Morgan fingerprint density at radius 1 is 0.344 bits per heavy atom. The Bertz CT molecular complexity index is 1340. The molecule has 0 aromatic heterocycles. The molecular weight excluding hydrogens is 400 g/mol. The second-order valence-electron chi connectivity index (χ2n) is 7.51. The Labute approximate surface area is 184 Å². The predicted octanol–water partition coefficient (Wildman–Crippen LogP) is 5.92. The lowest BCUT2D eigenvalue weighted by atomic mass is 9.76. The van der Waals surface area contributed by atoms with E-state index in [1.165, 1.54) is 0 Å². The van der Waals surface area contributed by atoms with Crippen LogP contribution in [0, 0.1) is 0 Å². The number of fused-ring (bicyclic) bond motifs is 8. The van der Waals surface area contributed by atoms with Crippen LogP contribution in [-0.2, 0) is 0 Å². The first kappa shape index (κ1) is 19.5. The highest BCUT2D eigenvalue weighted by Gasteiger charge is 2.29. The third kappa shape index (κ3) is 2.63. The molecule has 1 aliphatic carbocycles. The van der Waals surface area contributed by atoms with Crippen LogP contribution in [0.5, 0.6) is 0 Å². The Kier molecular flexibility index (Phi) is 4.68. The Morgan fingerprint density at radius 2 is 0.594 bits per heavy atom. The summed E-state index contributed by atoms with van der Waals surface area (Å²) >= 11 is 0. The molecule has 0 bridgehead atoms. The molecule has 0 saturated heterocycles. The van der Waals surface area contributed by atoms with Gasteiger partial charge in [0, 0.05) is 33.4 Å². The fraction of sp³-hybridized carbons (Fsp3) is 0. The highest BCUT2D eigenvalue weighted by molar-refractivity contribution is 6.17.